The lowest BCUT2D eigenvalue weighted by Crippen LogP contribution is -2.38. The maximum absolute atomic E-state index is 12.9. The molecule has 0 N–H and O–H groups in total. The molecule has 0 unspecified atom stereocenters. The molecule has 1 fully saturated rings. The zero-order chi connectivity index (χ0) is 17.9. The normalized spacial score (nSPS) is 17.9. The van der Waals surface area contributed by atoms with Gasteiger partial charge in [-0.1, -0.05) is 18.2 Å². The molecule has 132 valence electrons. The third kappa shape index (κ3) is 3.12. The number of para-hydroxylation sites is 2. The number of piperidine rings is 1. The minimum absolute atomic E-state index is 0.0206. The van der Waals surface area contributed by atoms with Gasteiger partial charge in [0.05, 0.1) is 17.1 Å². The number of fused-ring (bicyclic) bond motifs is 1. The van der Waals surface area contributed by atoms with Gasteiger partial charge in [0.1, 0.15) is 5.82 Å². The number of aromatic nitrogens is 3. The Morgan fingerprint density at radius 3 is 2.88 bits per heavy atom. The monoisotopic (exact) mass is 346 g/mol. The molecule has 0 bridgehead atoms. The summed E-state index contributed by atoms with van der Waals surface area (Å²) in [6.07, 6.45) is 10.1. The number of rotatable bonds is 3. The standard InChI is InChI=1S/C21H22N4O/c1-24-18-9-3-2-8-17(18)23-21(24)19-10-4-5-14-25(19)20(26)12-11-16-7-6-13-22-15-16/h2-3,6-9,11-13,15,19H,4-5,10,14H2,1H3/b12-11-/t19-/m1/s1. The van der Waals surface area contributed by atoms with Crippen LogP contribution in [0.1, 0.15) is 36.7 Å². The van der Waals surface area contributed by atoms with Crippen LogP contribution in [0.4, 0.5) is 0 Å². The number of hydrogen-bond acceptors (Lipinski definition) is 3. The summed E-state index contributed by atoms with van der Waals surface area (Å²) < 4.78 is 2.12. The maximum atomic E-state index is 12.9. The second kappa shape index (κ2) is 7.12. The number of aryl methyl sites for hydroxylation is 1. The van der Waals surface area contributed by atoms with Crippen molar-refractivity contribution in [2.45, 2.75) is 25.3 Å². The van der Waals surface area contributed by atoms with Gasteiger partial charge >= 0.3 is 0 Å². The molecule has 1 aliphatic heterocycles. The molecule has 26 heavy (non-hydrogen) atoms. The summed E-state index contributed by atoms with van der Waals surface area (Å²) in [7, 11) is 2.04. The summed E-state index contributed by atoms with van der Waals surface area (Å²) in [6, 6.07) is 11.9. The van der Waals surface area contributed by atoms with E-state index >= 15 is 0 Å². The van der Waals surface area contributed by atoms with E-state index in [1.807, 2.05) is 48.4 Å². The van der Waals surface area contributed by atoms with Crippen molar-refractivity contribution in [3.8, 4) is 0 Å². The van der Waals surface area contributed by atoms with Crippen LogP contribution in [0.15, 0.2) is 54.9 Å². The minimum Gasteiger partial charge on any atom is -0.329 e. The van der Waals surface area contributed by atoms with Gasteiger partial charge in [0.2, 0.25) is 5.91 Å². The highest BCUT2D eigenvalue weighted by atomic mass is 16.2. The smallest absolute Gasteiger partial charge is 0.247 e. The Morgan fingerprint density at radius 2 is 2.08 bits per heavy atom. The molecular formula is C21H22N4O. The SMILES string of the molecule is Cn1c([C@H]2CCCCN2C(=O)/C=C\c2cccnc2)nc2ccccc21. The van der Waals surface area contributed by atoms with Gasteiger partial charge in [-0.2, -0.15) is 0 Å². The highest BCUT2D eigenvalue weighted by Crippen LogP contribution is 2.32. The van der Waals surface area contributed by atoms with E-state index in [9.17, 15) is 4.79 Å². The van der Waals surface area contributed by atoms with Crippen LogP contribution >= 0.6 is 0 Å². The fraction of sp³-hybridized carbons (Fsp3) is 0.286. The first-order valence-corrected chi connectivity index (χ1v) is 9.04. The Balaban J connectivity index is 1.62. The van der Waals surface area contributed by atoms with Crippen LogP contribution < -0.4 is 0 Å². The Kier molecular flexibility index (Phi) is 4.52. The first-order chi connectivity index (χ1) is 12.7. The average Bonchev–Trinajstić information content (AvgIpc) is 3.04. The van der Waals surface area contributed by atoms with Crippen LogP contribution in [-0.2, 0) is 11.8 Å². The predicted molar refractivity (Wildman–Crippen MR) is 102 cm³/mol. The van der Waals surface area contributed by atoms with Crippen LogP contribution in [0.25, 0.3) is 17.1 Å². The highest BCUT2D eigenvalue weighted by molar-refractivity contribution is 5.92. The van der Waals surface area contributed by atoms with Crippen molar-refractivity contribution in [1.29, 1.82) is 0 Å². The molecule has 0 aliphatic carbocycles. The fourth-order valence-electron chi connectivity index (χ4n) is 3.66. The summed E-state index contributed by atoms with van der Waals surface area (Å²) in [4.78, 5) is 23.7. The molecule has 4 rings (SSSR count). The van der Waals surface area contributed by atoms with E-state index in [4.69, 9.17) is 4.98 Å². The first kappa shape index (κ1) is 16.5. The molecule has 0 spiro atoms. The summed E-state index contributed by atoms with van der Waals surface area (Å²) in [6.45, 7) is 0.768. The third-order valence-corrected chi connectivity index (χ3v) is 5.01. The van der Waals surface area contributed by atoms with Gasteiger partial charge in [0.25, 0.3) is 0 Å². The minimum atomic E-state index is 0.0206. The number of nitrogens with zero attached hydrogens (tertiary/aromatic N) is 4. The molecular weight excluding hydrogens is 324 g/mol. The van der Waals surface area contributed by atoms with Crippen molar-refractivity contribution in [1.82, 2.24) is 19.4 Å². The van der Waals surface area contributed by atoms with Crippen molar-refractivity contribution in [3.63, 3.8) is 0 Å². The van der Waals surface area contributed by atoms with E-state index in [0.717, 1.165) is 48.2 Å². The van der Waals surface area contributed by atoms with Crippen molar-refractivity contribution in [2.24, 2.45) is 7.05 Å². The number of carbonyl (C=O) groups excluding carboxylic acids is 1. The number of likely N-dealkylation sites (tertiary alicyclic amines) is 1. The first-order valence-electron chi connectivity index (χ1n) is 9.04. The number of hydrogen-bond donors (Lipinski definition) is 0. The number of benzene rings is 1. The third-order valence-electron chi connectivity index (χ3n) is 5.01. The molecule has 2 aromatic heterocycles. The number of pyridine rings is 1. The summed E-state index contributed by atoms with van der Waals surface area (Å²) in [5.74, 6) is 1.000. The zero-order valence-electron chi connectivity index (χ0n) is 14.9. The van der Waals surface area contributed by atoms with Gasteiger partial charge < -0.3 is 9.47 Å². The van der Waals surface area contributed by atoms with E-state index in [0.29, 0.717) is 0 Å². The molecule has 3 heterocycles. The van der Waals surface area contributed by atoms with E-state index in [2.05, 4.69) is 15.6 Å². The van der Waals surface area contributed by atoms with Crippen molar-refractivity contribution < 1.29 is 4.79 Å². The van der Waals surface area contributed by atoms with Crippen LogP contribution in [0.3, 0.4) is 0 Å². The van der Waals surface area contributed by atoms with Crippen LogP contribution in [0.5, 0.6) is 0 Å². The Labute approximate surface area is 153 Å². The Morgan fingerprint density at radius 1 is 1.19 bits per heavy atom. The molecule has 1 aromatic carbocycles. The van der Waals surface area contributed by atoms with Gasteiger partial charge in [-0.3, -0.25) is 9.78 Å². The van der Waals surface area contributed by atoms with Crippen molar-refractivity contribution >= 4 is 23.0 Å². The van der Waals surface area contributed by atoms with Crippen molar-refractivity contribution in [2.75, 3.05) is 6.54 Å². The van der Waals surface area contributed by atoms with E-state index < -0.39 is 0 Å². The quantitative estimate of drug-likeness (QED) is 0.679. The molecule has 0 saturated carbocycles. The van der Waals surface area contributed by atoms with Gasteiger partial charge in [-0.05, 0) is 49.1 Å². The zero-order valence-corrected chi connectivity index (χ0v) is 14.9. The molecule has 3 aromatic rings. The second-order valence-corrected chi connectivity index (χ2v) is 6.68. The Hall–Kier alpha value is -2.95. The lowest BCUT2D eigenvalue weighted by atomic mass is 10.0. The van der Waals surface area contributed by atoms with Gasteiger partial charge in [0, 0.05) is 32.1 Å². The molecule has 1 aliphatic rings. The van der Waals surface area contributed by atoms with Crippen LogP contribution in [0.2, 0.25) is 0 Å². The molecule has 1 amide bonds. The van der Waals surface area contributed by atoms with Crippen molar-refractivity contribution in [3.05, 3.63) is 66.3 Å². The summed E-state index contributed by atoms with van der Waals surface area (Å²) >= 11 is 0. The van der Waals surface area contributed by atoms with Gasteiger partial charge in [0.15, 0.2) is 0 Å². The number of carbonyl (C=O) groups is 1. The fourth-order valence-corrected chi connectivity index (χ4v) is 3.66. The van der Waals surface area contributed by atoms with E-state index in [1.165, 1.54) is 0 Å². The van der Waals surface area contributed by atoms with E-state index in [1.54, 1.807) is 18.5 Å². The average molecular weight is 346 g/mol. The lowest BCUT2D eigenvalue weighted by molar-refractivity contribution is -0.129. The number of imidazole rings is 1. The highest BCUT2D eigenvalue weighted by Gasteiger charge is 2.30. The molecule has 5 heteroatoms. The topological polar surface area (TPSA) is 51.0 Å². The predicted octanol–water partition coefficient (Wildman–Crippen LogP) is 3.74. The summed E-state index contributed by atoms with van der Waals surface area (Å²) in [5.41, 5.74) is 3.01. The van der Waals surface area contributed by atoms with E-state index in [-0.39, 0.29) is 11.9 Å². The van der Waals surface area contributed by atoms with Gasteiger partial charge in [-0.15, -0.1) is 0 Å². The molecule has 1 saturated heterocycles. The second-order valence-electron chi connectivity index (χ2n) is 6.68. The molecule has 5 nitrogen and oxygen atoms in total. The van der Waals surface area contributed by atoms with Crippen LogP contribution in [-0.4, -0.2) is 31.9 Å². The molecule has 1 atom stereocenters. The largest absolute Gasteiger partial charge is 0.329 e. The van der Waals surface area contributed by atoms with Crippen LogP contribution in [0, 0.1) is 0 Å². The maximum Gasteiger partial charge on any atom is 0.247 e. The molecule has 0 radical (unpaired) electrons. The number of amides is 1. The lowest BCUT2D eigenvalue weighted by Gasteiger charge is -2.34. The summed E-state index contributed by atoms with van der Waals surface area (Å²) in [5, 5.41) is 0. The van der Waals surface area contributed by atoms with Gasteiger partial charge in [-0.25, -0.2) is 4.98 Å². The Bertz CT molecular complexity index is 945.